The van der Waals surface area contributed by atoms with Crippen molar-refractivity contribution in [2.75, 3.05) is 11.5 Å². The number of carboxylic acids is 1. The van der Waals surface area contributed by atoms with Crippen LogP contribution in [0, 0.1) is 6.92 Å². The van der Waals surface area contributed by atoms with Crippen LogP contribution in [0.1, 0.15) is 24.0 Å². The molecule has 2 aliphatic heterocycles. The molecule has 1 amide bonds. The minimum absolute atomic E-state index is 0.0544. The number of hydrogen-bond donors (Lipinski definition) is 1. The molecule has 0 aliphatic carbocycles. The first-order chi connectivity index (χ1) is 12.2. The Kier molecular flexibility index (Phi) is 5.38. The highest BCUT2D eigenvalue weighted by Crippen LogP contribution is 2.39. The molecule has 2 heterocycles. The molecule has 2 atom stereocenters. The number of amidine groups is 1. The summed E-state index contributed by atoms with van der Waals surface area (Å²) < 4.78 is 24.0. The average molecular weight is 396 g/mol. The van der Waals surface area contributed by atoms with Crippen LogP contribution in [0.5, 0.6) is 0 Å². The molecule has 0 aromatic heterocycles. The molecule has 9 heteroatoms. The Morgan fingerprint density at radius 1 is 1.23 bits per heavy atom. The van der Waals surface area contributed by atoms with Gasteiger partial charge in [-0.05, 0) is 12.5 Å². The fourth-order valence-electron chi connectivity index (χ4n) is 3.09. The van der Waals surface area contributed by atoms with E-state index in [0.717, 1.165) is 11.1 Å². The normalized spacial score (nSPS) is 25.4. The molecule has 2 saturated heterocycles. The lowest BCUT2D eigenvalue weighted by molar-refractivity contribution is -0.138. The zero-order valence-electron chi connectivity index (χ0n) is 14.3. The number of carboxylic acid groups (broad SMARTS) is 1. The van der Waals surface area contributed by atoms with E-state index < -0.39 is 21.7 Å². The van der Waals surface area contributed by atoms with E-state index in [9.17, 15) is 18.0 Å². The van der Waals surface area contributed by atoms with Gasteiger partial charge in [0, 0.05) is 18.2 Å². The number of fused-ring (bicyclic) bond motifs is 1. The van der Waals surface area contributed by atoms with Gasteiger partial charge in [0.25, 0.3) is 0 Å². The first kappa shape index (κ1) is 18.9. The summed E-state index contributed by atoms with van der Waals surface area (Å²) in [6.45, 7) is 2.46. The Hall–Kier alpha value is -1.87. The van der Waals surface area contributed by atoms with E-state index in [0.29, 0.717) is 11.7 Å². The Labute approximate surface area is 156 Å². The van der Waals surface area contributed by atoms with Gasteiger partial charge in [-0.3, -0.25) is 9.59 Å². The third-order valence-corrected chi connectivity index (χ3v) is 7.67. The highest BCUT2D eigenvalue weighted by molar-refractivity contribution is 8.15. The summed E-state index contributed by atoms with van der Waals surface area (Å²) >= 11 is 1.31. The van der Waals surface area contributed by atoms with Crippen LogP contribution in [-0.4, -0.2) is 58.3 Å². The highest BCUT2D eigenvalue weighted by atomic mass is 32.2. The summed E-state index contributed by atoms with van der Waals surface area (Å²) in [7, 11) is -3.09. The van der Waals surface area contributed by atoms with Crippen molar-refractivity contribution in [3.8, 4) is 0 Å². The van der Waals surface area contributed by atoms with Crippen molar-refractivity contribution in [1.82, 2.24) is 4.90 Å². The molecule has 7 nitrogen and oxygen atoms in total. The van der Waals surface area contributed by atoms with Crippen molar-refractivity contribution in [2.45, 2.75) is 37.6 Å². The van der Waals surface area contributed by atoms with Gasteiger partial charge in [-0.15, -0.1) is 0 Å². The van der Waals surface area contributed by atoms with E-state index in [1.807, 2.05) is 36.1 Å². The predicted molar refractivity (Wildman–Crippen MR) is 99.9 cm³/mol. The van der Waals surface area contributed by atoms with Crippen LogP contribution in [-0.2, 0) is 26.0 Å². The van der Waals surface area contributed by atoms with Crippen LogP contribution in [0.25, 0.3) is 0 Å². The lowest BCUT2D eigenvalue weighted by Gasteiger charge is -2.24. The Balaban J connectivity index is 1.82. The summed E-state index contributed by atoms with van der Waals surface area (Å²) in [6.07, 6.45) is -0.426. The number of aliphatic imine (C=N–C) groups is 1. The molecular formula is C17H20N2O5S2. The van der Waals surface area contributed by atoms with Crippen molar-refractivity contribution in [2.24, 2.45) is 4.99 Å². The van der Waals surface area contributed by atoms with Crippen LogP contribution in [0.3, 0.4) is 0 Å². The lowest BCUT2D eigenvalue weighted by atomic mass is 10.1. The maximum absolute atomic E-state index is 12.0. The fraction of sp³-hybridized carbons (Fsp3) is 0.471. The van der Waals surface area contributed by atoms with Gasteiger partial charge in [0.2, 0.25) is 5.91 Å². The summed E-state index contributed by atoms with van der Waals surface area (Å²) in [5, 5.41) is 9.05. The number of nitrogens with zero attached hydrogens (tertiary/aromatic N) is 2. The summed E-state index contributed by atoms with van der Waals surface area (Å²) in [6, 6.07) is 7.70. The quantitative estimate of drug-likeness (QED) is 0.803. The third kappa shape index (κ3) is 4.45. The number of aryl methyl sites for hydroxylation is 1. The number of hydrogen-bond acceptors (Lipinski definition) is 5. The molecule has 0 radical (unpaired) electrons. The number of carbonyl (C=O) groups excluding carboxylic acids is 1. The van der Waals surface area contributed by atoms with E-state index in [-0.39, 0.29) is 35.6 Å². The van der Waals surface area contributed by atoms with Gasteiger partial charge < -0.3 is 10.0 Å². The monoisotopic (exact) mass is 396 g/mol. The summed E-state index contributed by atoms with van der Waals surface area (Å²) in [5.41, 5.74) is 2.13. The SMILES string of the molecule is Cc1ccc(CN2C(=NC(=O)CCC(=O)O)SC3CS(=O)(=O)CC32)cc1. The van der Waals surface area contributed by atoms with Crippen molar-refractivity contribution < 1.29 is 23.1 Å². The topological polar surface area (TPSA) is 104 Å². The molecule has 26 heavy (non-hydrogen) atoms. The molecule has 0 saturated carbocycles. The van der Waals surface area contributed by atoms with Gasteiger partial charge in [0.05, 0.1) is 24.0 Å². The van der Waals surface area contributed by atoms with Gasteiger partial charge in [-0.25, -0.2) is 8.42 Å². The molecule has 1 N–H and O–H groups in total. The van der Waals surface area contributed by atoms with E-state index in [4.69, 9.17) is 5.11 Å². The number of amides is 1. The zero-order chi connectivity index (χ0) is 18.9. The molecule has 1 aromatic carbocycles. The smallest absolute Gasteiger partial charge is 0.303 e. The van der Waals surface area contributed by atoms with Crippen LogP contribution in [0.2, 0.25) is 0 Å². The van der Waals surface area contributed by atoms with Crippen molar-refractivity contribution >= 4 is 38.6 Å². The number of aliphatic carboxylic acids is 1. The minimum Gasteiger partial charge on any atom is -0.481 e. The second kappa shape index (κ2) is 7.40. The Morgan fingerprint density at radius 3 is 2.58 bits per heavy atom. The molecule has 0 bridgehead atoms. The molecule has 2 unspecified atom stereocenters. The Morgan fingerprint density at radius 2 is 1.92 bits per heavy atom. The molecule has 0 spiro atoms. The fourth-order valence-corrected chi connectivity index (χ4v) is 7.06. The van der Waals surface area contributed by atoms with Crippen LogP contribution in [0.15, 0.2) is 29.3 Å². The van der Waals surface area contributed by atoms with Crippen molar-refractivity contribution in [1.29, 1.82) is 0 Å². The first-order valence-corrected chi connectivity index (χ1v) is 11.0. The molecular weight excluding hydrogens is 376 g/mol. The first-order valence-electron chi connectivity index (χ1n) is 8.26. The average Bonchev–Trinajstić information content (AvgIpc) is 3.00. The van der Waals surface area contributed by atoms with E-state index in [2.05, 4.69) is 4.99 Å². The number of thioether (sulfide) groups is 1. The van der Waals surface area contributed by atoms with Crippen molar-refractivity contribution in [3.63, 3.8) is 0 Å². The van der Waals surface area contributed by atoms with Crippen LogP contribution < -0.4 is 0 Å². The molecule has 3 rings (SSSR count). The molecule has 2 fully saturated rings. The maximum atomic E-state index is 12.0. The van der Waals surface area contributed by atoms with Gasteiger partial charge in [0.15, 0.2) is 15.0 Å². The lowest BCUT2D eigenvalue weighted by Crippen LogP contribution is -2.37. The number of rotatable bonds is 5. The number of sulfone groups is 1. The maximum Gasteiger partial charge on any atom is 0.303 e. The highest BCUT2D eigenvalue weighted by Gasteiger charge is 2.48. The van der Waals surface area contributed by atoms with Gasteiger partial charge in [-0.2, -0.15) is 4.99 Å². The summed E-state index contributed by atoms with van der Waals surface area (Å²) in [5.74, 6) is -1.41. The zero-order valence-corrected chi connectivity index (χ0v) is 15.9. The van der Waals surface area contributed by atoms with Crippen LogP contribution >= 0.6 is 11.8 Å². The standard InChI is InChI=1S/C17H20N2O5S2/c1-11-2-4-12(5-3-11)8-19-13-9-26(23,24)10-14(13)25-17(19)18-15(20)6-7-16(21)22/h2-5,13-14H,6-10H2,1H3,(H,21,22). The van der Waals surface area contributed by atoms with Gasteiger partial charge in [0.1, 0.15) is 0 Å². The largest absolute Gasteiger partial charge is 0.481 e. The van der Waals surface area contributed by atoms with E-state index in [1.165, 1.54) is 11.8 Å². The minimum atomic E-state index is -3.09. The van der Waals surface area contributed by atoms with Crippen molar-refractivity contribution in [3.05, 3.63) is 35.4 Å². The van der Waals surface area contributed by atoms with E-state index >= 15 is 0 Å². The third-order valence-electron chi connectivity index (χ3n) is 4.42. The molecule has 1 aromatic rings. The van der Waals surface area contributed by atoms with Gasteiger partial charge in [-0.1, -0.05) is 41.6 Å². The van der Waals surface area contributed by atoms with Gasteiger partial charge >= 0.3 is 5.97 Å². The molecule has 2 aliphatic rings. The summed E-state index contributed by atoms with van der Waals surface area (Å²) in [4.78, 5) is 28.6. The molecule has 140 valence electrons. The number of benzene rings is 1. The Bertz CT molecular complexity index is 848. The second-order valence-corrected chi connectivity index (χ2v) is 9.96. The van der Waals surface area contributed by atoms with Crippen LogP contribution in [0.4, 0.5) is 0 Å². The second-order valence-electron chi connectivity index (χ2n) is 6.60. The predicted octanol–water partition coefficient (Wildman–Crippen LogP) is 1.46. The van der Waals surface area contributed by atoms with E-state index in [1.54, 1.807) is 0 Å². The number of carbonyl (C=O) groups is 2.